The summed E-state index contributed by atoms with van der Waals surface area (Å²) in [7, 11) is 0. The Morgan fingerprint density at radius 3 is 2.34 bits per heavy atom. The number of hydrogen-bond donors (Lipinski definition) is 4. The van der Waals surface area contributed by atoms with Crippen LogP contribution in [-0.4, -0.2) is 45.6 Å². The number of aromatic amines is 1. The van der Waals surface area contributed by atoms with Crippen LogP contribution in [0.15, 0.2) is 51.7 Å². The smallest absolute Gasteiger partial charge is 0.408 e. The van der Waals surface area contributed by atoms with Crippen molar-refractivity contribution in [2.24, 2.45) is 0 Å². The van der Waals surface area contributed by atoms with Gasteiger partial charge >= 0.3 is 5.76 Å². The number of rotatable bonds is 4. The second-order valence-electron chi connectivity index (χ2n) is 8.63. The average Bonchev–Trinajstić information content (AvgIpc) is 3.50. The summed E-state index contributed by atoms with van der Waals surface area (Å²) in [5, 5.41) is 23.5. The summed E-state index contributed by atoms with van der Waals surface area (Å²) in [6, 6.07) is 13.0. The summed E-state index contributed by atoms with van der Waals surface area (Å²) in [4.78, 5) is 26.3. The number of carbonyl (C=O) groups excluding carboxylic acids is 1. The number of hydrogen-bond acceptors (Lipinski definition) is 6. The standard InChI is InChI=1S/C13H17NO3.C12H14N2O2.C2H6/c1-2-10-5-7-11(8-6-10)13(16,17)14-9-3-4-12(14)15;15-12-14-10-2-1-9(7-11(10)16-12)8-3-5-13-6-4-8;1-2/h5-8,16-17H,2-4,9H2,1H3;1-2,7-8,13H,3-6H2,(H,14,15);1-2H3. The van der Waals surface area contributed by atoms with E-state index in [2.05, 4.69) is 16.4 Å². The molecule has 2 fully saturated rings. The molecule has 2 aliphatic heterocycles. The van der Waals surface area contributed by atoms with E-state index >= 15 is 0 Å². The third kappa shape index (κ3) is 6.39. The third-order valence-corrected chi connectivity index (χ3v) is 6.45. The molecule has 3 heterocycles. The molecular formula is C27H37N3O5. The summed E-state index contributed by atoms with van der Waals surface area (Å²) in [6.07, 6.45) is 4.26. The van der Waals surface area contributed by atoms with E-state index in [1.54, 1.807) is 12.1 Å². The first-order chi connectivity index (χ1) is 16.9. The lowest BCUT2D eigenvalue weighted by molar-refractivity contribution is -0.262. The maximum absolute atomic E-state index is 11.5. The molecule has 1 aromatic heterocycles. The van der Waals surface area contributed by atoms with Gasteiger partial charge in [0.15, 0.2) is 5.58 Å². The summed E-state index contributed by atoms with van der Waals surface area (Å²) < 4.78 is 5.07. The Labute approximate surface area is 206 Å². The van der Waals surface area contributed by atoms with Gasteiger partial charge in [0, 0.05) is 18.5 Å². The van der Waals surface area contributed by atoms with Gasteiger partial charge in [-0.2, -0.15) is 0 Å². The molecule has 0 atom stereocenters. The highest BCUT2D eigenvalue weighted by molar-refractivity contribution is 5.78. The van der Waals surface area contributed by atoms with Crippen LogP contribution >= 0.6 is 0 Å². The number of carbonyl (C=O) groups is 1. The van der Waals surface area contributed by atoms with E-state index < -0.39 is 5.91 Å². The van der Waals surface area contributed by atoms with Crippen molar-refractivity contribution < 1.29 is 19.4 Å². The molecule has 0 bridgehead atoms. The zero-order valence-electron chi connectivity index (χ0n) is 20.8. The zero-order valence-corrected chi connectivity index (χ0v) is 20.8. The number of nitrogens with one attached hydrogen (secondary N) is 2. The number of fused-ring (bicyclic) bond motifs is 1. The van der Waals surface area contributed by atoms with Crippen LogP contribution in [0.3, 0.4) is 0 Å². The molecule has 0 radical (unpaired) electrons. The second kappa shape index (κ2) is 12.2. The van der Waals surface area contributed by atoms with Crippen molar-refractivity contribution in [2.75, 3.05) is 19.6 Å². The van der Waals surface area contributed by atoms with Gasteiger partial charge in [-0.3, -0.25) is 14.7 Å². The van der Waals surface area contributed by atoms with Gasteiger partial charge in [0.25, 0.3) is 5.91 Å². The molecule has 4 N–H and O–H groups in total. The Hall–Kier alpha value is -2.94. The minimum absolute atomic E-state index is 0.213. The molecule has 2 saturated heterocycles. The Balaban J connectivity index is 0.000000183. The van der Waals surface area contributed by atoms with Crippen LogP contribution in [0.5, 0.6) is 0 Å². The molecule has 5 rings (SSSR count). The summed E-state index contributed by atoms with van der Waals surface area (Å²) >= 11 is 0. The summed E-state index contributed by atoms with van der Waals surface area (Å²) in [5.41, 5.74) is 4.18. The maximum Gasteiger partial charge on any atom is 0.417 e. The molecule has 2 aliphatic rings. The number of nitrogens with zero attached hydrogens (tertiary/aromatic N) is 1. The van der Waals surface area contributed by atoms with Crippen molar-refractivity contribution in [2.45, 2.75) is 64.7 Å². The van der Waals surface area contributed by atoms with Gasteiger partial charge in [0.2, 0.25) is 5.91 Å². The quantitative estimate of drug-likeness (QED) is 0.421. The number of aliphatic hydroxyl groups is 2. The van der Waals surface area contributed by atoms with E-state index in [4.69, 9.17) is 4.42 Å². The highest BCUT2D eigenvalue weighted by Gasteiger charge is 2.39. The largest absolute Gasteiger partial charge is 0.417 e. The van der Waals surface area contributed by atoms with Crippen LogP contribution < -0.4 is 11.1 Å². The highest BCUT2D eigenvalue weighted by Crippen LogP contribution is 2.28. The third-order valence-electron chi connectivity index (χ3n) is 6.45. The number of amides is 1. The van der Waals surface area contributed by atoms with Gasteiger partial charge in [0.05, 0.1) is 5.52 Å². The molecule has 0 spiro atoms. The first kappa shape index (κ1) is 26.7. The lowest BCUT2D eigenvalue weighted by Gasteiger charge is -2.32. The van der Waals surface area contributed by atoms with Crippen LogP contribution in [0, 0.1) is 0 Å². The van der Waals surface area contributed by atoms with Crippen LogP contribution in [0.2, 0.25) is 0 Å². The van der Waals surface area contributed by atoms with Crippen molar-refractivity contribution in [3.8, 4) is 0 Å². The predicted octanol–water partition coefficient (Wildman–Crippen LogP) is 3.58. The van der Waals surface area contributed by atoms with Gasteiger partial charge in [-0.05, 0) is 68.0 Å². The lowest BCUT2D eigenvalue weighted by Crippen LogP contribution is -2.46. The van der Waals surface area contributed by atoms with Gasteiger partial charge < -0.3 is 19.9 Å². The fraction of sp³-hybridized carbons (Fsp3) is 0.481. The molecule has 35 heavy (non-hydrogen) atoms. The number of aryl methyl sites for hydroxylation is 1. The monoisotopic (exact) mass is 483 g/mol. The van der Waals surface area contributed by atoms with Gasteiger partial charge in [-0.1, -0.05) is 51.1 Å². The van der Waals surface area contributed by atoms with Crippen molar-refractivity contribution in [3.63, 3.8) is 0 Å². The van der Waals surface area contributed by atoms with E-state index in [9.17, 15) is 19.8 Å². The van der Waals surface area contributed by atoms with Gasteiger partial charge in [-0.25, -0.2) is 4.79 Å². The van der Waals surface area contributed by atoms with Gasteiger partial charge in [-0.15, -0.1) is 0 Å². The Morgan fingerprint density at radius 1 is 1.06 bits per heavy atom. The van der Waals surface area contributed by atoms with Crippen molar-refractivity contribution in [1.29, 1.82) is 0 Å². The molecule has 1 amide bonds. The fourth-order valence-corrected chi connectivity index (χ4v) is 4.47. The first-order valence-corrected chi connectivity index (χ1v) is 12.6. The van der Waals surface area contributed by atoms with Crippen molar-refractivity contribution in [1.82, 2.24) is 15.2 Å². The van der Waals surface area contributed by atoms with Crippen LogP contribution in [-0.2, 0) is 17.1 Å². The summed E-state index contributed by atoms with van der Waals surface area (Å²) in [5.74, 6) is -2.18. The lowest BCUT2D eigenvalue weighted by atomic mass is 9.90. The van der Waals surface area contributed by atoms with E-state index in [-0.39, 0.29) is 11.7 Å². The molecule has 2 aromatic carbocycles. The average molecular weight is 484 g/mol. The normalized spacial score (nSPS) is 16.5. The molecule has 8 heteroatoms. The van der Waals surface area contributed by atoms with Crippen molar-refractivity contribution in [3.05, 3.63) is 69.7 Å². The van der Waals surface area contributed by atoms with E-state index in [1.165, 1.54) is 5.56 Å². The SMILES string of the molecule is CC.CCc1ccc(C(O)(O)N2CCCC2=O)cc1.O=c1[nH]c2ccc(C3CCNCC3)cc2o1. The molecule has 0 saturated carbocycles. The van der Waals surface area contributed by atoms with Crippen molar-refractivity contribution >= 4 is 17.0 Å². The number of likely N-dealkylation sites (tertiary alicyclic amines) is 1. The minimum atomic E-state index is -2.18. The molecule has 0 aliphatic carbocycles. The predicted molar refractivity (Wildman–Crippen MR) is 136 cm³/mol. The zero-order chi connectivity index (χ0) is 25.4. The second-order valence-corrected chi connectivity index (χ2v) is 8.63. The van der Waals surface area contributed by atoms with Gasteiger partial charge in [0.1, 0.15) is 0 Å². The number of piperidine rings is 1. The van der Waals surface area contributed by atoms with E-state index in [0.717, 1.165) is 48.3 Å². The molecule has 3 aromatic rings. The van der Waals surface area contributed by atoms with E-state index in [0.29, 0.717) is 36.5 Å². The molecular weight excluding hydrogens is 446 g/mol. The fourth-order valence-electron chi connectivity index (χ4n) is 4.47. The Kier molecular flexibility index (Phi) is 9.26. The molecule has 0 unspecified atom stereocenters. The molecule has 190 valence electrons. The minimum Gasteiger partial charge on any atom is -0.408 e. The molecule has 8 nitrogen and oxygen atoms in total. The Bertz CT molecular complexity index is 1140. The van der Waals surface area contributed by atoms with Crippen LogP contribution in [0.1, 0.15) is 69.1 Å². The topological polar surface area (TPSA) is 119 Å². The summed E-state index contributed by atoms with van der Waals surface area (Å²) in [6.45, 7) is 8.56. The van der Waals surface area contributed by atoms with E-state index in [1.807, 2.05) is 45.0 Å². The maximum atomic E-state index is 11.5. The first-order valence-electron chi connectivity index (χ1n) is 12.6. The number of benzene rings is 2. The number of oxazole rings is 1. The van der Waals surface area contributed by atoms with Crippen LogP contribution in [0.4, 0.5) is 0 Å². The Morgan fingerprint density at radius 2 is 1.74 bits per heavy atom. The number of H-pyrrole nitrogens is 1. The number of aromatic nitrogens is 1. The van der Waals surface area contributed by atoms with Crippen LogP contribution in [0.25, 0.3) is 11.1 Å². The highest BCUT2D eigenvalue weighted by atomic mass is 16.5.